The maximum absolute atomic E-state index is 13.9. The quantitative estimate of drug-likeness (QED) is 0.193. The van der Waals surface area contributed by atoms with E-state index in [1.165, 1.54) is 33.5 Å². The van der Waals surface area contributed by atoms with Crippen molar-refractivity contribution in [2.75, 3.05) is 37.7 Å². The van der Waals surface area contributed by atoms with Gasteiger partial charge in [-0.2, -0.15) is 4.31 Å². The average molecular weight is 614 g/mol. The van der Waals surface area contributed by atoms with Crippen molar-refractivity contribution in [3.05, 3.63) is 102 Å². The maximum atomic E-state index is 13.9. The van der Waals surface area contributed by atoms with Gasteiger partial charge in [0.2, 0.25) is 10.0 Å². The summed E-state index contributed by atoms with van der Waals surface area (Å²) in [7, 11) is -3.68. The molecule has 0 saturated heterocycles. The Morgan fingerprint density at radius 3 is 2.02 bits per heavy atom. The molecule has 0 radical (unpaired) electrons. The Balaban J connectivity index is 1.40. The Labute approximate surface area is 257 Å². The minimum absolute atomic E-state index is 0.109. The SMILES string of the molecule is CCOc1cccc(N(CCCN2C(=O)c3cccc4cccc(c34)C2=O)C(=O)c2ccc(S(=O)(=O)N(CC)CC)cc2)c1. The molecule has 0 bridgehead atoms. The van der Waals surface area contributed by atoms with Crippen molar-refractivity contribution in [2.45, 2.75) is 32.1 Å². The second kappa shape index (κ2) is 13.0. The summed E-state index contributed by atoms with van der Waals surface area (Å²) in [6, 6.07) is 23.9. The fourth-order valence-electron chi connectivity index (χ4n) is 5.56. The highest BCUT2D eigenvalue weighted by molar-refractivity contribution is 7.89. The highest BCUT2D eigenvalue weighted by Gasteiger charge is 2.32. The second-order valence-electron chi connectivity index (χ2n) is 10.3. The highest BCUT2D eigenvalue weighted by Crippen LogP contribution is 2.30. The Morgan fingerprint density at radius 1 is 0.818 bits per heavy atom. The molecule has 0 spiro atoms. The van der Waals surface area contributed by atoms with E-state index in [-0.39, 0.29) is 35.7 Å². The van der Waals surface area contributed by atoms with Crippen molar-refractivity contribution < 1.29 is 27.5 Å². The van der Waals surface area contributed by atoms with E-state index < -0.39 is 10.0 Å². The van der Waals surface area contributed by atoms with E-state index in [2.05, 4.69) is 0 Å². The number of anilines is 1. The van der Waals surface area contributed by atoms with Crippen molar-refractivity contribution in [3.63, 3.8) is 0 Å². The van der Waals surface area contributed by atoms with Crippen LogP contribution < -0.4 is 9.64 Å². The second-order valence-corrected chi connectivity index (χ2v) is 12.3. The molecule has 3 amide bonds. The summed E-state index contributed by atoms with van der Waals surface area (Å²) in [6.07, 6.45) is 0.314. The van der Waals surface area contributed by atoms with E-state index in [1.54, 1.807) is 67.3 Å². The predicted molar refractivity (Wildman–Crippen MR) is 170 cm³/mol. The van der Waals surface area contributed by atoms with Gasteiger partial charge in [0.25, 0.3) is 17.7 Å². The predicted octanol–water partition coefficient (Wildman–Crippen LogP) is 5.60. The molecule has 0 aliphatic carbocycles. The van der Waals surface area contributed by atoms with Gasteiger partial charge in [0, 0.05) is 60.0 Å². The van der Waals surface area contributed by atoms with Gasteiger partial charge >= 0.3 is 0 Å². The van der Waals surface area contributed by atoms with Crippen molar-refractivity contribution in [2.24, 2.45) is 0 Å². The van der Waals surface area contributed by atoms with Crippen molar-refractivity contribution in [1.29, 1.82) is 0 Å². The number of rotatable bonds is 12. The minimum atomic E-state index is -3.68. The summed E-state index contributed by atoms with van der Waals surface area (Å²) in [5.41, 5.74) is 1.84. The van der Waals surface area contributed by atoms with Crippen LogP contribution >= 0.6 is 0 Å². The summed E-state index contributed by atoms with van der Waals surface area (Å²) in [5, 5.41) is 1.50. The van der Waals surface area contributed by atoms with E-state index >= 15 is 0 Å². The van der Waals surface area contributed by atoms with Crippen molar-refractivity contribution >= 4 is 44.2 Å². The van der Waals surface area contributed by atoms with Crippen molar-refractivity contribution in [1.82, 2.24) is 9.21 Å². The number of nitrogens with zero attached hydrogens (tertiary/aromatic N) is 3. The summed E-state index contributed by atoms with van der Waals surface area (Å²) in [5.74, 6) is -0.479. The molecule has 0 unspecified atom stereocenters. The lowest BCUT2D eigenvalue weighted by atomic mass is 9.94. The first kappa shape index (κ1) is 30.9. The zero-order chi connectivity index (χ0) is 31.4. The number of carbonyl (C=O) groups excluding carboxylic acids is 3. The largest absolute Gasteiger partial charge is 0.494 e. The third-order valence-electron chi connectivity index (χ3n) is 7.75. The molecule has 228 valence electrons. The first-order valence-electron chi connectivity index (χ1n) is 14.7. The Hall–Kier alpha value is -4.54. The van der Waals surface area contributed by atoms with Crippen LogP contribution in [0.1, 0.15) is 58.3 Å². The molecule has 0 fully saturated rings. The van der Waals surface area contributed by atoms with Gasteiger partial charge in [-0.3, -0.25) is 19.3 Å². The number of sulfonamides is 1. The third-order valence-corrected chi connectivity index (χ3v) is 9.81. The first-order chi connectivity index (χ1) is 21.2. The van der Waals surface area contributed by atoms with Gasteiger partial charge in [-0.1, -0.05) is 44.2 Å². The number of benzene rings is 4. The molecule has 1 heterocycles. The first-order valence-corrected chi connectivity index (χ1v) is 16.2. The summed E-state index contributed by atoms with van der Waals surface area (Å²) < 4.78 is 33.0. The molecule has 0 saturated carbocycles. The van der Waals surface area contributed by atoms with Crippen LogP contribution in [0.3, 0.4) is 0 Å². The molecule has 44 heavy (non-hydrogen) atoms. The lowest BCUT2D eigenvalue weighted by molar-refractivity contribution is 0.0610. The standard InChI is InChI=1S/C34H35N3O6S/c1-4-35(5-2)44(41,42)28-19-17-25(18-20-28)32(38)36(26-13-9-14-27(23-26)43-6-3)21-10-22-37-33(39)29-15-7-11-24-12-8-16-30(31(24)29)34(37)40/h7-9,11-20,23H,4-6,10,21-22H2,1-3H3. The molecular formula is C34H35N3O6S. The average Bonchev–Trinajstić information content (AvgIpc) is 3.03. The third kappa shape index (κ3) is 5.82. The summed E-state index contributed by atoms with van der Waals surface area (Å²) in [4.78, 5) is 43.6. The van der Waals surface area contributed by atoms with Gasteiger partial charge < -0.3 is 9.64 Å². The molecule has 1 aliphatic heterocycles. The molecule has 9 nitrogen and oxygen atoms in total. The lowest BCUT2D eigenvalue weighted by Gasteiger charge is -2.29. The molecule has 0 aromatic heterocycles. The zero-order valence-corrected chi connectivity index (χ0v) is 25.8. The van der Waals surface area contributed by atoms with Gasteiger partial charge in [0.05, 0.1) is 11.5 Å². The minimum Gasteiger partial charge on any atom is -0.494 e. The van der Waals surface area contributed by atoms with E-state index in [0.29, 0.717) is 59.6 Å². The van der Waals surface area contributed by atoms with Gasteiger partial charge in [-0.05, 0) is 67.3 Å². The topological polar surface area (TPSA) is 104 Å². The highest BCUT2D eigenvalue weighted by atomic mass is 32.2. The van der Waals surface area contributed by atoms with Gasteiger partial charge in [0.15, 0.2) is 0 Å². The van der Waals surface area contributed by atoms with Crippen LogP contribution in [0, 0.1) is 0 Å². The van der Waals surface area contributed by atoms with Crippen molar-refractivity contribution in [3.8, 4) is 5.75 Å². The molecule has 0 atom stereocenters. The van der Waals surface area contributed by atoms with Crippen LogP contribution in [0.15, 0.2) is 89.8 Å². The lowest BCUT2D eigenvalue weighted by Crippen LogP contribution is -2.42. The van der Waals surface area contributed by atoms with Crippen LogP contribution in [-0.2, 0) is 10.0 Å². The number of hydrogen-bond donors (Lipinski definition) is 0. The number of imide groups is 1. The van der Waals surface area contributed by atoms with Crippen LogP contribution in [0.2, 0.25) is 0 Å². The van der Waals surface area contributed by atoms with Crippen LogP contribution in [0.25, 0.3) is 10.8 Å². The van der Waals surface area contributed by atoms with E-state index in [9.17, 15) is 22.8 Å². The monoisotopic (exact) mass is 613 g/mol. The van der Waals surface area contributed by atoms with E-state index in [4.69, 9.17) is 4.74 Å². The zero-order valence-electron chi connectivity index (χ0n) is 25.0. The number of amides is 3. The molecule has 4 aromatic rings. The Bertz CT molecular complexity index is 1770. The van der Waals surface area contributed by atoms with E-state index in [0.717, 1.165) is 5.39 Å². The summed E-state index contributed by atoms with van der Waals surface area (Å²) in [6.45, 7) is 6.85. The molecule has 10 heteroatoms. The maximum Gasteiger partial charge on any atom is 0.261 e. The van der Waals surface area contributed by atoms with Gasteiger partial charge in [-0.25, -0.2) is 8.42 Å². The van der Waals surface area contributed by atoms with Gasteiger partial charge in [0.1, 0.15) is 5.75 Å². The molecule has 1 aliphatic rings. The Morgan fingerprint density at radius 2 is 1.43 bits per heavy atom. The summed E-state index contributed by atoms with van der Waals surface area (Å²) >= 11 is 0. The number of carbonyl (C=O) groups is 3. The molecular weight excluding hydrogens is 578 g/mol. The number of ether oxygens (including phenoxy) is 1. The Kier molecular flexibility index (Phi) is 9.12. The van der Waals surface area contributed by atoms with Crippen LogP contribution in [0.4, 0.5) is 5.69 Å². The van der Waals surface area contributed by atoms with E-state index in [1.807, 2.05) is 19.1 Å². The van der Waals surface area contributed by atoms with Gasteiger partial charge in [-0.15, -0.1) is 0 Å². The normalized spacial score (nSPS) is 13.0. The fourth-order valence-corrected chi connectivity index (χ4v) is 7.02. The fraction of sp³-hybridized carbons (Fsp3) is 0.265. The molecule has 0 N–H and O–H groups in total. The van der Waals surface area contributed by atoms with Crippen LogP contribution in [0.5, 0.6) is 5.75 Å². The molecule has 4 aromatic carbocycles. The van der Waals surface area contributed by atoms with Crippen LogP contribution in [-0.4, -0.2) is 68.1 Å². The molecule has 5 rings (SSSR count). The number of hydrogen-bond acceptors (Lipinski definition) is 6. The smallest absolute Gasteiger partial charge is 0.261 e.